The largest absolute Gasteiger partial charge is 0.375 e. The second-order valence-electron chi connectivity index (χ2n) is 3.51. The third-order valence-corrected chi connectivity index (χ3v) is 2.17. The zero-order valence-corrected chi connectivity index (χ0v) is 8.24. The Bertz CT molecular complexity index is 227. The summed E-state index contributed by atoms with van der Waals surface area (Å²) in [5.41, 5.74) is 0. The van der Waals surface area contributed by atoms with Gasteiger partial charge >= 0.3 is 0 Å². The first-order chi connectivity index (χ1) is 6.02. The van der Waals surface area contributed by atoms with Gasteiger partial charge in [0.1, 0.15) is 0 Å². The molecule has 0 aromatic heterocycles. The summed E-state index contributed by atoms with van der Waals surface area (Å²) in [6.07, 6.45) is 0.0273. The highest BCUT2D eigenvalue weighted by Crippen LogP contribution is 2.11. The van der Waals surface area contributed by atoms with E-state index in [1.807, 2.05) is 13.8 Å². The molecule has 0 aromatic rings. The molecule has 2 unspecified atom stereocenters. The molecule has 1 aliphatic rings. The molecule has 1 aliphatic heterocycles. The molecule has 0 N–H and O–H groups in total. The molecule has 0 spiro atoms. The van der Waals surface area contributed by atoms with E-state index in [-0.39, 0.29) is 12.1 Å². The molecule has 4 nitrogen and oxygen atoms in total. The van der Waals surface area contributed by atoms with E-state index < -0.39 is 11.7 Å². The van der Waals surface area contributed by atoms with Crippen molar-refractivity contribution in [2.24, 2.45) is 0 Å². The minimum absolute atomic E-state index is 0.00704. The lowest BCUT2D eigenvalue weighted by Gasteiger charge is -2.36. The van der Waals surface area contributed by atoms with Gasteiger partial charge in [-0.25, -0.2) is 0 Å². The summed E-state index contributed by atoms with van der Waals surface area (Å²) in [6, 6.07) is 0.00704. The van der Waals surface area contributed by atoms with E-state index in [1.54, 1.807) is 4.90 Å². The zero-order valence-electron chi connectivity index (χ0n) is 8.24. The fraction of sp³-hybridized carbons (Fsp3) is 0.778. The van der Waals surface area contributed by atoms with E-state index in [0.29, 0.717) is 13.2 Å². The summed E-state index contributed by atoms with van der Waals surface area (Å²) in [5.74, 6) is -0.802. The molecule has 13 heavy (non-hydrogen) atoms. The van der Waals surface area contributed by atoms with Crippen molar-refractivity contribution in [3.8, 4) is 0 Å². The predicted octanol–water partition coefficient (Wildman–Crippen LogP) is 0.211. The van der Waals surface area contributed by atoms with Gasteiger partial charge < -0.3 is 9.64 Å². The smallest absolute Gasteiger partial charge is 0.290 e. The van der Waals surface area contributed by atoms with Gasteiger partial charge in [-0.15, -0.1) is 0 Å². The van der Waals surface area contributed by atoms with Crippen molar-refractivity contribution in [2.45, 2.75) is 32.9 Å². The first-order valence-electron chi connectivity index (χ1n) is 4.45. The van der Waals surface area contributed by atoms with Crippen LogP contribution in [0.1, 0.15) is 20.8 Å². The van der Waals surface area contributed by atoms with E-state index in [2.05, 4.69) is 0 Å². The molecule has 1 amide bonds. The average Bonchev–Trinajstić information content (AvgIpc) is 2.08. The molecule has 0 radical (unpaired) electrons. The molecule has 1 saturated heterocycles. The number of carbonyl (C=O) groups is 2. The molecule has 74 valence electrons. The van der Waals surface area contributed by atoms with Crippen LogP contribution in [0.25, 0.3) is 0 Å². The number of carbonyl (C=O) groups excluding carboxylic acids is 2. The highest BCUT2D eigenvalue weighted by molar-refractivity contribution is 6.35. The Kier molecular flexibility index (Phi) is 3.03. The summed E-state index contributed by atoms with van der Waals surface area (Å²) in [5, 5.41) is 0. The Labute approximate surface area is 77.8 Å². The minimum Gasteiger partial charge on any atom is -0.375 e. The molecular weight excluding hydrogens is 170 g/mol. The molecule has 4 heteroatoms. The van der Waals surface area contributed by atoms with Crippen LogP contribution in [0.4, 0.5) is 0 Å². The lowest BCUT2D eigenvalue weighted by atomic mass is 10.2. The first-order valence-corrected chi connectivity index (χ1v) is 4.45. The molecule has 0 bridgehead atoms. The molecule has 1 fully saturated rings. The molecule has 1 heterocycles. The summed E-state index contributed by atoms with van der Waals surface area (Å²) >= 11 is 0. The number of amides is 1. The van der Waals surface area contributed by atoms with Crippen LogP contribution in [0.15, 0.2) is 0 Å². The van der Waals surface area contributed by atoms with Crippen LogP contribution < -0.4 is 0 Å². The van der Waals surface area contributed by atoms with Crippen molar-refractivity contribution in [3.63, 3.8) is 0 Å². The molecular formula is C9H15NO3. The zero-order chi connectivity index (χ0) is 10.0. The van der Waals surface area contributed by atoms with Gasteiger partial charge in [0, 0.05) is 13.5 Å². The van der Waals surface area contributed by atoms with Crippen molar-refractivity contribution in [1.29, 1.82) is 0 Å². The quantitative estimate of drug-likeness (QED) is 0.549. The van der Waals surface area contributed by atoms with Gasteiger partial charge in [0.2, 0.25) is 5.78 Å². The van der Waals surface area contributed by atoms with Crippen LogP contribution in [-0.4, -0.2) is 41.9 Å². The normalized spacial score (nSPS) is 28.7. The highest BCUT2D eigenvalue weighted by atomic mass is 16.5. The monoisotopic (exact) mass is 185 g/mol. The topological polar surface area (TPSA) is 46.6 Å². The number of rotatable bonds is 1. The number of morpholine rings is 1. The second kappa shape index (κ2) is 3.87. The number of ketones is 1. The van der Waals surface area contributed by atoms with Crippen molar-refractivity contribution < 1.29 is 14.3 Å². The first kappa shape index (κ1) is 10.2. The summed E-state index contributed by atoms with van der Waals surface area (Å²) in [6.45, 7) is 6.11. The maximum Gasteiger partial charge on any atom is 0.290 e. The Hall–Kier alpha value is -0.900. The lowest BCUT2D eigenvalue weighted by molar-refractivity contribution is -0.151. The van der Waals surface area contributed by atoms with Gasteiger partial charge in [-0.2, -0.15) is 0 Å². The van der Waals surface area contributed by atoms with Crippen LogP contribution in [0.5, 0.6) is 0 Å². The SMILES string of the molecule is CC(=O)C(=O)N1CC(C)OCC1C. The molecule has 2 atom stereocenters. The predicted molar refractivity (Wildman–Crippen MR) is 47.3 cm³/mol. The highest BCUT2D eigenvalue weighted by Gasteiger charge is 2.29. The van der Waals surface area contributed by atoms with Gasteiger partial charge in [0.05, 0.1) is 18.8 Å². The number of hydrogen-bond acceptors (Lipinski definition) is 3. The van der Waals surface area contributed by atoms with Crippen molar-refractivity contribution in [1.82, 2.24) is 4.90 Å². The fourth-order valence-electron chi connectivity index (χ4n) is 1.39. The van der Waals surface area contributed by atoms with E-state index >= 15 is 0 Å². The Morgan fingerprint density at radius 3 is 2.54 bits per heavy atom. The van der Waals surface area contributed by atoms with Crippen molar-refractivity contribution in [3.05, 3.63) is 0 Å². The minimum atomic E-state index is -0.402. The number of ether oxygens (including phenoxy) is 1. The van der Waals surface area contributed by atoms with Crippen molar-refractivity contribution >= 4 is 11.7 Å². The van der Waals surface area contributed by atoms with E-state index in [1.165, 1.54) is 6.92 Å². The summed E-state index contributed by atoms with van der Waals surface area (Å²) in [4.78, 5) is 23.8. The maximum atomic E-state index is 11.4. The lowest BCUT2D eigenvalue weighted by Crippen LogP contribution is -2.51. The van der Waals surface area contributed by atoms with Gasteiger partial charge in [-0.3, -0.25) is 9.59 Å². The molecule has 1 rings (SSSR count). The Balaban J connectivity index is 2.65. The van der Waals surface area contributed by atoms with Crippen LogP contribution in [-0.2, 0) is 14.3 Å². The second-order valence-corrected chi connectivity index (χ2v) is 3.51. The van der Waals surface area contributed by atoms with Crippen LogP contribution in [0.2, 0.25) is 0 Å². The number of Topliss-reactive ketones (excluding diaryl/α,β-unsaturated/α-hetero) is 1. The summed E-state index contributed by atoms with van der Waals surface area (Å²) < 4.78 is 5.35. The average molecular weight is 185 g/mol. The fourth-order valence-corrected chi connectivity index (χ4v) is 1.39. The van der Waals surface area contributed by atoms with E-state index in [4.69, 9.17) is 4.74 Å². The molecule has 0 aliphatic carbocycles. The third-order valence-electron chi connectivity index (χ3n) is 2.17. The molecule has 0 aromatic carbocycles. The van der Waals surface area contributed by atoms with Crippen LogP contribution >= 0.6 is 0 Å². The number of hydrogen-bond donors (Lipinski definition) is 0. The van der Waals surface area contributed by atoms with E-state index in [9.17, 15) is 9.59 Å². The van der Waals surface area contributed by atoms with Gasteiger partial charge in [0.15, 0.2) is 0 Å². The maximum absolute atomic E-state index is 11.4. The Morgan fingerprint density at radius 2 is 2.00 bits per heavy atom. The third kappa shape index (κ3) is 2.28. The summed E-state index contributed by atoms with van der Waals surface area (Å²) in [7, 11) is 0. The molecule has 0 saturated carbocycles. The van der Waals surface area contributed by atoms with Crippen LogP contribution in [0, 0.1) is 0 Å². The standard InChI is InChI=1S/C9H15NO3/c1-6-5-13-7(2)4-10(6)9(12)8(3)11/h6-7H,4-5H2,1-3H3. The van der Waals surface area contributed by atoms with Gasteiger partial charge in [-0.1, -0.05) is 0 Å². The Morgan fingerprint density at radius 1 is 1.38 bits per heavy atom. The van der Waals surface area contributed by atoms with Crippen molar-refractivity contribution in [2.75, 3.05) is 13.2 Å². The van der Waals surface area contributed by atoms with Gasteiger partial charge in [0.25, 0.3) is 5.91 Å². The number of nitrogens with zero attached hydrogens (tertiary/aromatic N) is 1. The van der Waals surface area contributed by atoms with Gasteiger partial charge in [-0.05, 0) is 13.8 Å². The van der Waals surface area contributed by atoms with E-state index in [0.717, 1.165) is 0 Å². The van der Waals surface area contributed by atoms with Crippen LogP contribution in [0.3, 0.4) is 0 Å².